The first kappa shape index (κ1) is 18.5. The molecule has 1 aliphatic heterocycles. The Balaban J connectivity index is 1.88. The lowest BCUT2D eigenvalue weighted by Crippen LogP contribution is -2.48. The van der Waals surface area contributed by atoms with Crippen LogP contribution < -0.4 is 14.4 Å². The zero-order valence-corrected chi connectivity index (χ0v) is 15.6. The minimum absolute atomic E-state index is 0.133. The number of halogens is 2. The Labute approximate surface area is 155 Å². The summed E-state index contributed by atoms with van der Waals surface area (Å²) in [4.78, 5) is 12.5. The van der Waals surface area contributed by atoms with E-state index >= 15 is 0 Å². The van der Waals surface area contributed by atoms with E-state index in [1.807, 2.05) is 6.92 Å². The second-order valence-electron chi connectivity index (χ2n) is 5.99. The number of hydrogen-bond acceptors (Lipinski definition) is 4. The van der Waals surface area contributed by atoms with Crippen molar-refractivity contribution in [1.29, 1.82) is 0 Å². The van der Waals surface area contributed by atoms with E-state index < -0.39 is 27.9 Å². The molecule has 9 heteroatoms. The second-order valence-corrected chi connectivity index (χ2v) is 8.30. The molecular weight excluding hydrogens is 383 g/mol. The first-order valence-corrected chi connectivity index (χ1v) is 9.89. The number of carbonyl (C=O) groups is 1. The largest absolute Gasteiger partial charge is 0.476 e. The average Bonchev–Trinajstić information content (AvgIpc) is 2.56. The van der Waals surface area contributed by atoms with Gasteiger partial charge in [-0.25, -0.2) is 12.8 Å². The van der Waals surface area contributed by atoms with Crippen molar-refractivity contribution < 1.29 is 22.3 Å². The summed E-state index contributed by atoms with van der Waals surface area (Å²) in [6.45, 7) is 1.66. The summed E-state index contributed by atoms with van der Waals surface area (Å²) in [5.74, 6) is -0.872. The highest BCUT2D eigenvalue weighted by molar-refractivity contribution is 7.92. The highest BCUT2D eigenvalue weighted by Crippen LogP contribution is 2.36. The van der Waals surface area contributed by atoms with Crippen LogP contribution in [-0.4, -0.2) is 33.2 Å². The molecule has 0 radical (unpaired) electrons. The molecule has 0 bridgehead atoms. The van der Waals surface area contributed by atoms with Crippen LogP contribution in [0.4, 0.5) is 15.8 Å². The zero-order valence-electron chi connectivity index (χ0n) is 14.0. The number of aryl methyl sites for hydroxylation is 1. The van der Waals surface area contributed by atoms with E-state index in [0.717, 1.165) is 22.2 Å². The molecule has 1 aliphatic rings. The smallest absolute Gasteiger partial charge is 0.267 e. The number of amides is 1. The average molecular weight is 399 g/mol. The predicted molar refractivity (Wildman–Crippen MR) is 97.8 cm³/mol. The standard InChI is InChI=1S/C17H16ClFN2O4S/c1-10-3-6-15-14(7-10)21(26(2,23)24)9-16(25-15)17(22)20-11-4-5-13(19)12(18)8-11/h3-8,16H,9H2,1-2H3,(H,20,22)/t16-/m0/s1. The first-order valence-electron chi connectivity index (χ1n) is 7.66. The van der Waals surface area contributed by atoms with Crippen LogP contribution in [0.1, 0.15) is 5.56 Å². The van der Waals surface area contributed by atoms with Gasteiger partial charge in [-0.05, 0) is 42.8 Å². The fraction of sp³-hybridized carbons (Fsp3) is 0.235. The molecule has 0 aromatic heterocycles. The molecule has 1 atom stereocenters. The molecule has 0 spiro atoms. The van der Waals surface area contributed by atoms with Gasteiger partial charge in [-0.3, -0.25) is 9.10 Å². The summed E-state index contributed by atoms with van der Waals surface area (Å²) in [7, 11) is -3.61. The molecule has 0 saturated carbocycles. The van der Waals surface area contributed by atoms with E-state index in [0.29, 0.717) is 11.4 Å². The van der Waals surface area contributed by atoms with Crippen LogP contribution in [0.15, 0.2) is 36.4 Å². The van der Waals surface area contributed by atoms with Crippen LogP contribution in [0.3, 0.4) is 0 Å². The number of fused-ring (bicyclic) bond motifs is 1. The lowest BCUT2D eigenvalue weighted by molar-refractivity contribution is -0.122. The molecule has 0 aliphatic carbocycles. The van der Waals surface area contributed by atoms with Gasteiger partial charge in [0.2, 0.25) is 10.0 Å². The summed E-state index contributed by atoms with van der Waals surface area (Å²) in [5, 5.41) is 2.42. The molecule has 1 N–H and O–H groups in total. The minimum Gasteiger partial charge on any atom is -0.476 e. The van der Waals surface area contributed by atoms with Gasteiger partial charge in [-0.15, -0.1) is 0 Å². The van der Waals surface area contributed by atoms with Crippen molar-refractivity contribution in [2.45, 2.75) is 13.0 Å². The van der Waals surface area contributed by atoms with Crippen LogP contribution in [0, 0.1) is 12.7 Å². The fourth-order valence-electron chi connectivity index (χ4n) is 2.61. The Morgan fingerprint density at radius 2 is 2.04 bits per heavy atom. The van der Waals surface area contributed by atoms with Gasteiger partial charge in [0.1, 0.15) is 11.6 Å². The summed E-state index contributed by atoms with van der Waals surface area (Å²) < 4.78 is 44.3. The Bertz CT molecular complexity index is 981. The van der Waals surface area contributed by atoms with Crippen LogP contribution in [0.25, 0.3) is 0 Å². The Hall–Kier alpha value is -2.32. The van der Waals surface area contributed by atoms with Gasteiger partial charge in [0, 0.05) is 5.69 Å². The third-order valence-electron chi connectivity index (χ3n) is 3.86. The molecule has 0 unspecified atom stereocenters. The lowest BCUT2D eigenvalue weighted by atomic mass is 10.1. The number of nitrogens with zero attached hydrogens (tertiary/aromatic N) is 1. The number of nitrogens with one attached hydrogen (secondary N) is 1. The molecule has 0 fully saturated rings. The molecule has 3 rings (SSSR count). The number of anilines is 2. The number of ether oxygens (including phenoxy) is 1. The van der Waals surface area contributed by atoms with Crippen molar-refractivity contribution >= 4 is 38.9 Å². The molecule has 2 aromatic rings. The molecular formula is C17H16ClFN2O4S. The van der Waals surface area contributed by atoms with Gasteiger partial charge in [0.15, 0.2) is 6.10 Å². The minimum atomic E-state index is -3.61. The van der Waals surface area contributed by atoms with Crippen molar-refractivity contribution in [2.24, 2.45) is 0 Å². The maximum atomic E-state index is 13.2. The van der Waals surface area contributed by atoms with Crippen LogP contribution in [0.2, 0.25) is 5.02 Å². The maximum Gasteiger partial charge on any atom is 0.267 e. The van der Waals surface area contributed by atoms with Gasteiger partial charge in [-0.1, -0.05) is 17.7 Å². The number of rotatable bonds is 3. The van der Waals surface area contributed by atoms with Gasteiger partial charge < -0.3 is 10.1 Å². The molecule has 138 valence electrons. The van der Waals surface area contributed by atoms with Gasteiger partial charge in [-0.2, -0.15) is 0 Å². The maximum absolute atomic E-state index is 13.2. The van der Waals surface area contributed by atoms with Crippen molar-refractivity contribution in [3.05, 3.63) is 52.8 Å². The lowest BCUT2D eigenvalue weighted by Gasteiger charge is -2.34. The Morgan fingerprint density at radius 1 is 1.31 bits per heavy atom. The van der Waals surface area contributed by atoms with Crippen LogP contribution >= 0.6 is 11.6 Å². The predicted octanol–water partition coefficient (Wildman–Crippen LogP) is 2.95. The van der Waals surface area contributed by atoms with Crippen molar-refractivity contribution in [2.75, 3.05) is 22.4 Å². The Kier molecular flexibility index (Phi) is 4.81. The van der Waals surface area contributed by atoms with E-state index in [2.05, 4.69) is 5.32 Å². The summed E-state index contributed by atoms with van der Waals surface area (Å²) in [6.07, 6.45) is 0.00263. The number of hydrogen-bond donors (Lipinski definition) is 1. The van der Waals surface area contributed by atoms with E-state index in [1.165, 1.54) is 12.1 Å². The summed E-state index contributed by atoms with van der Waals surface area (Å²) in [6, 6.07) is 8.82. The van der Waals surface area contributed by atoms with Crippen LogP contribution in [0.5, 0.6) is 5.75 Å². The molecule has 26 heavy (non-hydrogen) atoms. The number of carbonyl (C=O) groups excluding carboxylic acids is 1. The van der Waals surface area contributed by atoms with Crippen molar-refractivity contribution in [1.82, 2.24) is 0 Å². The normalized spacial score (nSPS) is 16.6. The van der Waals surface area contributed by atoms with Gasteiger partial charge >= 0.3 is 0 Å². The topological polar surface area (TPSA) is 75.7 Å². The number of benzene rings is 2. The van der Waals surface area contributed by atoms with E-state index in [1.54, 1.807) is 18.2 Å². The summed E-state index contributed by atoms with van der Waals surface area (Å²) >= 11 is 5.70. The SMILES string of the molecule is Cc1ccc2c(c1)N(S(C)(=O)=O)C[C@@H](C(=O)Nc1ccc(F)c(Cl)c1)O2. The zero-order chi connectivity index (χ0) is 19.1. The van der Waals surface area contributed by atoms with E-state index in [4.69, 9.17) is 16.3 Å². The fourth-order valence-corrected chi connectivity index (χ4v) is 3.70. The number of sulfonamides is 1. The highest BCUT2D eigenvalue weighted by Gasteiger charge is 2.35. The van der Waals surface area contributed by atoms with Gasteiger partial charge in [0.05, 0.1) is 23.5 Å². The molecule has 6 nitrogen and oxygen atoms in total. The van der Waals surface area contributed by atoms with Crippen molar-refractivity contribution in [3.8, 4) is 5.75 Å². The highest BCUT2D eigenvalue weighted by atomic mass is 35.5. The molecule has 2 aromatic carbocycles. The molecule has 1 heterocycles. The molecule has 0 saturated heterocycles. The monoisotopic (exact) mass is 398 g/mol. The third-order valence-corrected chi connectivity index (χ3v) is 5.30. The van der Waals surface area contributed by atoms with E-state index in [9.17, 15) is 17.6 Å². The second kappa shape index (κ2) is 6.77. The third kappa shape index (κ3) is 3.76. The Morgan fingerprint density at radius 3 is 2.69 bits per heavy atom. The molecule has 1 amide bonds. The van der Waals surface area contributed by atoms with Gasteiger partial charge in [0.25, 0.3) is 5.91 Å². The van der Waals surface area contributed by atoms with E-state index in [-0.39, 0.29) is 17.3 Å². The van der Waals surface area contributed by atoms with Crippen LogP contribution in [-0.2, 0) is 14.8 Å². The van der Waals surface area contributed by atoms with Crippen molar-refractivity contribution in [3.63, 3.8) is 0 Å². The first-order chi connectivity index (χ1) is 12.1. The quantitative estimate of drug-likeness (QED) is 0.862. The summed E-state index contributed by atoms with van der Waals surface area (Å²) in [5.41, 5.74) is 1.54.